The Bertz CT molecular complexity index is 293. The average molecular weight is 242 g/mol. The van der Waals surface area contributed by atoms with Crippen molar-refractivity contribution < 1.29 is 14.7 Å². The quantitative estimate of drug-likeness (QED) is 0.687. The fraction of sp³-hybridized carbons (Fsp3) is 0.833. The number of hydrogen-bond donors (Lipinski definition) is 3. The van der Waals surface area contributed by atoms with Gasteiger partial charge < -0.3 is 15.7 Å². The van der Waals surface area contributed by atoms with Gasteiger partial charge in [0.25, 0.3) is 0 Å². The molecule has 0 bridgehead atoms. The van der Waals surface area contributed by atoms with Crippen LogP contribution in [0.25, 0.3) is 0 Å². The monoisotopic (exact) mass is 242 g/mol. The van der Waals surface area contributed by atoms with Crippen molar-refractivity contribution in [2.75, 3.05) is 0 Å². The number of carboxylic acids is 1. The molecule has 1 aliphatic carbocycles. The lowest BCUT2D eigenvalue weighted by molar-refractivity contribution is -0.140. The zero-order valence-corrected chi connectivity index (χ0v) is 10.7. The van der Waals surface area contributed by atoms with E-state index >= 15 is 0 Å². The Kier molecular flexibility index (Phi) is 4.37. The van der Waals surface area contributed by atoms with Crippen LogP contribution in [0, 0.1) is 5.92 Å². The fourth-order valence-electron chi connectivity index (χ4n) is 2.10. The lowest BCUT2D eigenvalue weighted by Gasteiger charge is -2.42. The molecule has 1 fully saturated rings. The largest absolute Gasteiger partial charge is 0.480 e. The number of nitrogens with one attached hydrogen (secondary N) is 2. The van der Waals surface area contributed by atoms with E-state index in [1.165, 1.54) is 0 Å². The predicted octanol–water partition coefficient (Wildman–Crippen LogP) is 1.73. The second-order valence-electron chi connectivity index (χ2n) is 5.15. The van der Waals surface area contributed by atoms with Crippen molar-refractivity contribution in [1.82, 2.24) is 10.6 Å². The van der Waals surface area contributed by atoms with Crippen molar-refractivity contribution in [3.05, 3.63) is 0 Å². The summed E-state index contributed by atoms with van der Waals surface area (Å²) in [5.74, 6) is -1.12. The van der Waals surface area contributed by atoms with Crippen LogP contribution in [0.4, 0.5) is 4.79 Å². The van der Waals surface area contributed by atoms with Crippen molar-refractivity contribution in [2.24, 2.45) is 5.92 Å². The van der Waals surface area contributed by atoms with Gasteiger partial charge in [-0.25, -0.2) is 9.59 Å². The highest BCUT2D eigenvalue weighted by molar-refractivity contribution is 5.83. The Morgan fingerprint density at radius 2 is 1.94 bits per heavy atom. The number of aliphatic carboxylic acids is 1. The van der Waals surface area contributed by atoms with Gasteiger partial charge in [-0.1, -0.05) is 20.8 Å². The minimum absolute atomic E-state index is 0.107. The fourth-order valence-corrected chi connectivity index (χ4v) is 2.10. The Morgan fingerprint density at radius 1 is 1.35 bits per heavy atom. The molecule has 0 radical (unpaired) electrons. The van der Waals surface area contributed by atoms with E-state index < -0.39 is 12.0 Å². The van der Waals surface area contributed by atoms with Gasteiger partial charge in [0.05, 0.1) is 0 Å². The van der Waals surface area contributed by atoms with Crippen LogP contribution in [0.5, 0.6) is 0 Å². The molecule has 0 aromatic heterocycles. The highest BCUT2D eigenvalue weighted by Crippen LogP contribution is 2.34. The third-order valence-electron chi connectivity index (χ3n) is 3.59. The van der Waals surface area contributed by atoms with Gasteiger partial charge in [0.2, 0.25) is 0 Å². The van der Waals surface area contributed by atoms with Crippen LogP contribution < -0.4 is 10.6 Å². The van der Waals surface area contributed by atoms with Gasteiger partial charge >= 0.3 is 12.0 Å². The third kappa shape index (κ3) is 3.35. The first kappa shape index (κ1) is 13.8. The number of carboxylic acid groups (broad SMARTS) is 1. The first-order valence-corrected chi connectivity index (χ1v) is 6.22. The van der Waals surface area contributed by atoms with Crippen molar-refractivity contribution in [3.8, 4) is 0 Å². The van der Waals surface area contributed by atoms with Gasteiger partial charge in [0, 0.05) is 5.54 Å². The van der Waals surface area contributed by atoms with Crippen LogP contribution in [0.1, 0.15) is 46.5 Å². The van der Waals surface area contributed by atoms with E-state index in [-0.39, 0.29) is 17.5 Å². The van der Waals surface area contributed by atoms with Crippen LogP contribution in [-0.4, -0.2) is 28.7 Å². The topological polar surface area (TPSA) is 78.4 Å². The van der Waals surface area contributed by atoms with Crippen molar-refractivity contribution in [3.63, 3.8) is 0 Å². The van der Waals surface area contributed by atoms with Crippen LogP contribution in [0.15, 0.2) is 0 Å². The van der Waals surface area contributed by atoms with Crippen LogP contribution >= 0.6 is 0 Å². The van der Waals surface area contributed by atoms with Crippen molar-refractivity contribution in [1.29, 1.82) is 0 Å². The summed E-state index contributed by atoms with van der Waals surface area (Å²) < 4.78 is 0. The summed E-state index contributed by atoms with van der Waals surface area (Å²) in [5.41, 5.74) is -0.107. The molecule has 1 atom stereocenters. The van der Waals surface area contributed by atoms with E-state index in [1.807, 2.05) is 6.92 Å². The van der Waals surface area contributed by atoms with Gasteiger partial charge in [-0.05, 0) is 31.6 Å². The maximum Gasteiger partial charge on any atom is 0.326 e. The van der Waals surface area contributed by atoms with Gasteiger partial charge in [0.1, 0.15) is 6.04 Å². The summed E-state index contributed by atoms with van der Waals surface area (Å²) in [6.07, 6.45) is 3.98. The molecule has 0 heterocycles. The molecule has 3 N–H and O–H groups in total. The number of rotatable bonds is 5. The first-order valence-electron chi connectivity index (χ1n) is 6.22. The molecule has 1 unspecified atom stereocenters. The molecule has 0 aromatic carbocycles. The number of amides is 2. The molecule has 0 spiro atoms. The summed E-state index contributed by atoms with van der Waals surface area (Å²) in [6, 6.07) is -1.20. The first-order chi connectivity index (χ1) is 7.90. The van der Waals surface area contributed by atoms with Crippen LogP contribution in [0.3, 0.4) is 0 Å². The van der Waals surface area contributed by atoms with Crippen LogP contribution in [-0.2, 0) is 4.79 Å². The van der Waals surface area contributed by atoms with E-state index in [2.05, 4.69) is 10.6 Å². The summed E-state index contributed by atoms with van der Waals surface area (Å²) in [5, 5.41) is 14.4. The molecule has 1 rings (SSSR count). The number of carbonyl (C=O) groups is 2. The maximum absolute atomic E-state index is 11.7. The molecule has 5 heteroatoms. The van der Waals surface area contributed by atoms with E-state index in [1.54, 1.807) is 13.8 Å². The lowest BCUT2D eigenvalue weighted by Crippen LogP contribution is -2.58. The number of hydrogen-bond acceptors (Lipinski definition) is 2. The van der Waals surface area contributed by atoms with Crippen molar-refractivity contribution in [2.45, 2.75) is 58.0 Å². The summed E-state index contributed by atoms with van der Waals surface area (Å²) in [4.78, 5) is 22.7. The van der Waals surface area contributed by atoms with E-state index in [4.69, 9.17) is 5.11 Å². The summed E-state index contributed by atoms with van der Waals surface area (Å²) >= 11 is 0. The Morgan fingerprint density at radius 3 is 2.24 bits per heavy atom. The minimum atomic E-state index is -0.991. The third-order valence-corrected chi connectivity index (χ3v) is 3.59. The zero-order valence-electron chi connectivity index (χ0n) is 10.7. The Labute approximate surface area is 102 Å². The Hall–Kier alpha value is -1.26. The molecule has 0 saturated heterocycles. The van der Waals surface area contributed by atoms with Gasteiger partial charge in [0.15, 0.2) is 0 Å². The average Bonchev–Trinajstić information content (AvgIpc) is 2.19. The highest BCUT2D eigenvalue weighted by atomic mass is 16.4. The molecule has 17 heavy (non-hydrogen) atoms. The van der Waals surface area contributed by atoms with Gasteiger partial charge in [-0.3, -0.25) is 0 Å². The molecule has 5 nitrogen and oxygen atoms in total. The number of urea groups is 1. The van der Waals surface area contributed by atoms with Crippen molar-refractivity contribution >= 4 is 12.0 Å². The SMILES string of the molecule is CCC1(NC(=O)NC(C(=O)O)C(C)C)CCC1. The molecular weight excluding hydrogens is 220 g/mol. The molecule has 0 aliphatic heterocycles. The molecule has 98 valence electrons. The maximum atomic E-state index is 11.7. The molecule has 2 amide bonds. The summed E-state index contributed by atoms with van der Waals surface area (Å²) in [7, 11) is 0. The normalized spacial score (nSPS) is 19.3. The minimum Gasteiger partial charge on any atom is -0.480 e. The molecule has 1 aliphatic rings. The molecule has 0 aromatic rings. The second-order valence-corrected chi connectivity index (χ2v) is 5.15. The van der Waals surface area contributed by atoms with Crippen LogP contribution in [0.2, 0.25) is 0 Å². The van der Waals surface area contributed by atoms with E-state index in [9.17, 15) is 9.59 Å². The van der Waals surface area contributed by atoms with E-state index in [0.717, 1.165) is 25.7 Å². The number of carbonyl (C=O) groups excluding carboxylic acids is 1. The lowest BCUT2D eigenvalue weighted by atomic mass is 9.75. The van der Waals surface area contributed by atoms with Gasteiger partial charge in [-0.15, -0.1) is 0 Å². The van der Waals surface area contributed by atoms with Gasteiger partial charge in [-0.2, -0.15) is 0 Å². The predicted molar refractivity (Wildman–Crippen MR) is 64.8 cm³/mol. The Balaban J connectivity index is 2.50. The van der Waals surface area contributed by atoms with E-state index in [0.29, 0.717) is 0 Å². The molecule has 1 saturated carbocycles. The smallest absolute Gasteiger partial charge is 0.326 e. The molecular formula is C12H22N2O3. The zero-order chi connectivity index (χ0) is 13.1. The highest BCUT2D eigenvalue weighted by Gasteiger charge is 2.37. The standard InChI is InChI=1S/C12H22N2O3/c1-4-12(6-5-7-12)14-11(17)13-9(8(2)3)10(15)16/h8-9H,4-7H2,1-3H3,(H,15,16)(H2,13,14,17). The summed E-state index contributed by atoms with van der Waals surface area (Å²) in [6.45, 7) is 5.59. The second kappa shape index (κ2) is 5.38.